The molecule has 3 rings (SSSR count). The quantitative estimate of drug-likeness (QED) is 0.860. The lowest BCUT2D eigenvalue weighted by atomic mass is 10.1. The van der Waals surface area contributed by atoms with Crippen LogP contribution in [0.25, 0.3) is 0 Å². The van der Waals surface area contributed by atoms with Crippen molar-refractivity contribution in [1.82, 2.24) is 14.9 Å². The van der Waals surface area contributed by atoms with Crippen molar-refractivity contribution in [3.63, 3.8) is 0 Å². The Kier molecular flexibility index (Phi) is 5.08. The third-order valence-corrected chi connectivity index (χ3v) is 4.72. The van der Waals surface area contributed by atoms with Gasteiger partial charge in [-0.1, -0.05) is 0 Å². The van der Waals surface area contributed by atoms with E-state index in [0.717, 1.165) is 17.8 Å². The number of amides is 1. The number of benzene rings is 1. The fourth-order valence-electron chi connectivity index (χ4n) is 2.83. The van der Waals surface area contributed by atoms with E-state index in [4.69, 9.17) is 0 Å². The van der Waals surface area contributed by atoms with Gasteiger partial charge in [0.05, 0.1) is 6.26 Å². The van der Waals surface area contributed by atoms with Gasteiger partial charge in [0, 0.05) is 49.2 Å². The molecule has 1 fully saturated rings. The monoisotopic (exact) mass is 375 g/mol. The number of piperazine rings is 1. The zero-order valence-corrected chi connectivity index (χ0v) is 15.5. The summed E-state index contributed by atoms with van der Waals surface area (Å²) in [5.74, 6) is 0.815. The molecule has 0 atom stereocenters. The average Bonchev–Trinajstić information content (AvgIpc) is 2.61. The van der Waals surface area contributed by atoms with Gasteiger partial charge in [-0.15, -0.1) is 0 Å². The highest BCUT2D eigenvalue weighted by Crippen LogP contribution is 2.17. The molecule has 0 unspecified atom stereocenters. The zero-order valence-electron chi connectivity index (χ0n) is 14.7. The maximum absolute atomic E-state index is 12.6. The molecule has 1 amide bonds. The Balaban J connectivity index is 1.61. The molecule has 0 saturated carbocycles. The molecule has 2 aromatic rings. The van der Waals surface area contributed by atoms with Gasteiger partial charge in [-0.05, 0) is 31.2 Å². The molecule has 0 bridgehead atoms. The van der Waals surface area contributed by atoms with Gasteiger partial charge in [-0.3, -0.25) is 9.52 Å². The van der Waals surface area contributed by atoms with Gasteiger partial charge >= 0.3 is 0 Å². The first-order valence-corrected chi connectivity index (χ1v) is 10.1. The highest BCUT2D eigenvalue weighted by Gasteiger charge is 2.23. The molecule has 1 saturated heterocycles. The topological polar surface area (TPSA) is 95.5 Å². The fraction of sp³-hybridized carbons (Fsp3) is 0.353. The Morgan fingerprint density at radius 3 is 2.31 bits per heavy atom. The predicted octanol–water partition coefficient (Wildman–Crippen LogP) is 1.12. The van der Waals surface area contributed by atoms with Crippen molar-refractivity contribution in [3.8, 4) is 0 Å². The average molecular weight is 375 g/mol. The summed E-state index contributed by atoms with van der Waals surface area (Å²) in [4.78, 5) is 25.0. The van der Waals surface area contributed by atoms with Crippen LogP contribution in [0.4, 0.5) is 11.5 Å². The number of sulfonamides is 1. The largest absolute Gasteiger partial charge is 0.353 e. The normalized spacial score (nSPS) is 15.0. The standard InChI is InChI=1S/C17H21N5O3S/c1-13-11-16(19-12-18-13)21-7-9-22(10-8-21)17(23)14-3-5-15(6-4-14)20-26(2,24)25/h3-6,11-12,20H,7-10H2,1-2H3. The first-order chi connectivity index (χ1) is 12.3. The molecule has 1 N–H and O–H groups in total. The summed E-state index contributed by atoms with van der Waals surface area (Å²) >= 11 is 0. The predicted molar refractivity (Wildman–Crippen MR) is 99.8 cm³/mol. The summed E-state index contributed by atoms with van der Waals surface area (Å²) < 4.78 is 24.9. The molecule has 1 aliphatic heterocycles. The number of rotatable bonds is 4. The Labute approximate surface area is 152 Å². The smallest absolute Gasteiger partial charge is 0.253 e. The molecule has 0 radical (unpaired) electrons. The van der Waals surface area contributed by atoms with E-state index in [1.54, 1.807) is 35.5 Å². The summed E-state index contributed by atoms with van der Waals surface area (Å²) in [7, 11) is -3.33. The van der Waals surface area contributed by atoms with Crippen LogP contribution in [0.3, 0.4) is 0 Å². The Hall–Kier alpha value is -2.68. The van der Waals surface area contributed by atoms with Crippen molar-refractivity contribution >= 4 is 27.4 Å². The van der Waals surface area contributed by atoms with Crippen LogP contribution in [-0.4, -0.2) is 61.6 Å². The molecule has 1 aromatic carbocycles. The molecular formula is C17H21N5O3S. The Morgan fingerprint density at radius 1 is 1.08 bits per heavy atom. The number of carbonyl (C=O) groups excluding carboxylic acids is 1. The van der Waals surface area contributed by atoms with E-state index in [1.807, 2.05) is 13.0 Å². The molecular weight excluding hydrogens is 354 g/mol. The van der Waals surface area contributed by atoms with Crippen LogP contribution in [0.1, 0.15) is 16.1 Å². The number of nitrogens with one attached hydrogen (secondary N) is 1. The maximum Gasteiger partial charge on any atom is 0.253 e. The van der Waals surface area contributed by atoms with Crippen molar-refractivity contribution < 1.29 is 13.2 Å². The van der Waals surface area contributed by atoms with E-state index in [2.05, 4.69) is 19.6 Å². The van der Waals surface area contributed by atoms with Crippen LogP contribution < -0.4 is 9.62 Å². The number of hydrogen-bond acceptors (Lipinski definition) is 6. The lowest BCUT2D eigenvalue weighted by Crippen LogP contribution is -2.49. The van der Waals surface area contributed by atoms with Crippen molar-refractivity contribution in [3.05, 3.63) is 47.9 Å². The van der Waals surface area contributed by atoms with Gasteiger partial charge in [0.1, 0.15) is 12.1 Å². The molecule has 26 heavy (non-hydrogen) atoms. The fourth-order valence-corrected chi connectivity index (χ4v) is 3.39. The first-order valence-electron chi connectivity index (χ1n) is 8.22. The van der Waals surface area contributed by atoms with E-state index in [1.165, 1.54) is 0 Å². The van der Waals surface area contributed by atoms with E-state index >= 15 is 0 Å². The number of aryl methyl sites for hydroxylation is 1. The van der Waals surface area contributed by atoms with Gasteiger partial charge < -0.3 is 9.80 Å². The van der Waals surface area contributed by atoms with Crippen molar-refractivity contribution in [2.75, 3.05) is 42.1 Å². The molecule has 2 heterocycles. The SMILES string of the molecule is Cc1cc(N2CCN(C(=O)c3ccc(NS(C)(=O)=O)cc3)CC2)ncn1. The van der Waals surface area contributed by atoms with Crippen LogP contribution in [0.5, 0.6) is 0 Å². The van der Waals surface area contributed by atoms with Gasteiger partial charge in [-0.25, -0.2) is 18.4 Å². The summed E-state index contributed by atoms with van der Waals surface area (Å²) in [6.07, 6.45) is 2.64. The number of carbonyl (C=O) groups is 1. The number of hydrogen-bond donors (Lipinski definition) is 1. The van der Waals surface area contributed by atoms with Crippen molar-refractivity contribution in [2.24, 2.45) is 0 Å². The number of nitrogens with zero attached hydrogens (tertiary/aromatic N) is 4. The van der Waals surface area contributed by atoms with Gasteiger partial charge in [-0.2, -0.15) is 0 Å². The Bertz CT molecular complexity index is 891. The summed E-state index contributed by atoms with van der Waals surface area (Å²) in [5, 5.41) is 0. The molecule has 8 nitrogen and oxygen atoms in total. The van der Waals surface area contributed by atoms with Crippen molar-refractivity contribution in [1.29, 1.82) is 0 Å². The molecule has 1 aromatic heterocycles. The third-order valence-electron chi connectivity index (χ3n) is 4.12. The second-order valence-corrected chi connectivity index (χ2v) is 8.00. The molecule has 1 aliphatic rings. The molecule has 138 valence electrons. The summed E-state index contributed by atoms with van der Waals surface area (Å²) in [5.41, 5.74) is 1.89. The lowest BCUT2D eigenvalue weighted by molar-refractivity contribution is 0.0746. The number of aromatic nitrogens is 2. The van der Waals surface area contributed by atoms with Crippen LogP contribution in [0, 0.1) is 6.92 Å². The van der Waals surface area contributed by atoms with Crippen LogP contribution in [-0.2, 0) is 10.0 Å². The second kappa shape index (κ2) is 7.28. The van der Waals surface area contributed by atoms with E-state index in [-0.39, 0.29) is 5.91 Å². The van der Waals surface area contributed by atoms with Crippen LogP contribution in [0.2, 0.25) is 0 Å². The van der Waals surface area contributed by atoms with E-state index in [9.17, 15) is 13.2 Å². The minimum Gasteiger partial charge on any atom is -0.353 e. The first kappa shape index (κ1) is 18.1. The van der Waals surface area contributed by atoms with Crippen LogP contribution >= 0.6 is 0 Å². The Morgan fingerprint density at radius 2 is 1.73 bits per heavy atom. The lowest BCUT2D eigenvalue weighted by Gasteiger charge is -2.35. The second-order valence-electron chi connectivity index (χ2n) is 6.25. The zero-order chi connectivity index (χ0) is 18.7. The minimum atomic E-state index is -3.33. The summed E-state index contributed by atoms with van der Waals surface area (Å²) in [6, 6.07) is 8.39. The van der Waals surface area contributed by atoms with Crippen molar-refractivity contribution in [2.45, 2.75) is 6.92 Å². The maximum atomic E-state index is 12.6. The van der Waals surface area contributed by atoms with Gasteiger partial charge in [0.2, 0.25) is 10.0 Å². The molecule has 0 aliphatic carbocycles. The highest BCUT2D eigenvalue weighted by molar-refractivity contribution is 7.92. The van der Waals surface area contributed by atoms with E-state index in [0.29, 0.717) is 37.4 Å². The third kappa shape index (κ3) is 4.48. The van der Waals surface area contributed by atoms with Gasteiger partial charge in [0.25, 0.3) is 5.91 Å². The highest BCUT2D eigenvalue weighted by atomic mass is 32.2. The van der Waals surface area contributed by atoms with E-state index < -0.39 is 10.0 Å². The van der Waals surface area contributed by atoms with Gasteiger partial charge in [0.15, 0.2) is 0 Å². The van der Waals surface area contributed by atoms with Crippen LogP contribution in [0.15, 0.2) is 36.7 Å². The number of anilines is 2. The minimum absolute atomic E-state index is 0.0607. The molecule has 9 heteroatoms. The summed E-state index contributed by atoms with van der Waals surface area (Å²) in [6.45, 7) is 4.54. The molecule has 0 spiro atoms.